The van der Waals surface area contributed by atoms with Gasteiger partial charge in [-0.1, -0.05) is 12.1 Å². The number of nitrogens with zero attached hydrogens (tertiary/aromatic N) is 4. The van der Waals surface area contributed by atoms with Gasteiger partial charge < -0.3 is 4.90 Å². The van der Waals surface area contributed by atoms with Gasteiger partial charge in [-0.25, -0.2) is 4.79 Å². The SMILES string of the molecule is CC1=C([N+](=O)[O-])[C@@H](c2cccc([N+](=O)[O-])c2)N(C)C(=O)N1C. The van der Waals surface area contributed by atoms with Gasteiger partial charge in [-0.3, -0.25) is 25.1 Å². The summed E-state index contributed by atoms with van der Waals surface area (Å²) in [5.41, 5.74) is 0.177. The standard InChI is InChI=1S/C13H14N4O5/c1-8-11(17(21)22)12(15(3)13(18)14(8)2)9-5-4-6-10(7-9)16(19)20/h4-7,12H,1-3H3/t12-/m1/s1. The first-order chi connectivity index (χ1) is 10.3. The van der Waals surface area contributed by atoms with Gasteiger partial charge in [0, 0.05) is 26.2 Å². The summed E-state index contributed by atoms with van der Waals surface area (Å²) < 4.78 is 0. The van der Waals surface area contributed by atoms with Gasteiger partial charge in [0.2, 0.25) is 0 Å². The second kappa shape index (κ2) is 5.43. The van der Waals surface area contributed by atoms with E-state index in [0.717, 1.165) is 0 Å². The number of rotatable bonds is 3. The lowest BCUT2D eigenvalue weighted by molar-refractivity contribution is -0.436. The lowest BCUT2D eigenvalue weighted by atomic mass is 9.99. The molecule has 9 heteroatoms. The molecule has 0 spiro atoms. The van der Waals surface area contributed by atoms with Crippen LogP contribution in [0.3, 0.4) is 0 Å². The Hall–Kier alpha value is -2.97. The molecule has 0 fully saturated rings. The molecule has 2 amide bonds. The highest BCUT2D eigenvalue weighted by Crippen LogP contribution is 2.36. The summed E-state index contributed by atoms with van der Waals surface area (Å²) in [4.78, 5) is 35.7. The number of allylic oxidation sites excluding steroid dienone is 1. The van der Waals surface area contributed by atoms with Crippen LogP contribution in [0.5, 0.6) is 0 Å². The number of likely N-dealkylation sites (N-methyl/N-ethyl adjacent to an activating group) is 1. The maximum Gasteiger partial charge on any atom is 0.324 e. The maximum absolute atomic E-state index is 12.2. The number of carbonyl (C=O) groups excluding carboxylic acids is 1. The van der Waals surface area contributed by atoms with E-state index < -0.39 is 21.9 Å². The maximum atomic E-state index is 12.2. The van der Waals surface area contributed by atoms with Gasteiger partial charge in [-0.05, 0) is 12.5 Å². The minimum absolute atomic E-state index is 0.176. The Morgan fingerprint density at radius 2 is 1.77 bits per heavy atom. The van der Waals surface area contributed by atoms with E-state index >= 15 is 0 Å². The van der Waals surface area contributed by atoms with Crippen LogP contribution < -0.4 is 0 Å². The largest absolute Gasteiger partial charge is 0.324 e. The minimum Gasteiger partial charge on any atom is -0.310 e. The Bertz CT molecular complexity index is 699. The van der Waals surface area contributed by atoms with Crippen molar-refractivity contribution < 1.29 is 14.6 Å². The zero-order valence-electron chi connectivity index (χ0n) is 12.2. The smallest absolute Gasteiger partial charge is 0.310 e. The molecule has 0 saturated heterocycles. The van der Waals surface area contributed by atoms with E-state index in [4.69, 9.17) is 0 Å². The van der Waals surface area contributed by atoms with Gasteiger partial charge in [0.25, 0.3) is 11.4 Å². The summed E-state index contributed by atoms with van der Waals surface area (Å²) in [6, 6.07) is 4.12. The van der Waals surface area contributed by atoms with Crippen molar-refractivity contribution in [3.8, 4) is 0 Å². The van der Waals surface area contributed by atoms with Crippen LogP contribution in [0.2, 0.25) is 0 Å². The van der Waals surface area contributed by atoms with Gasteiger partial charge in [-0.15, -0.1) is 0 Å². The summed E-state index contributed by atoms with van der Waals surface area (Å²) in [7, 11) is 2.87. The third-order valence-electron chi connectivity index (χ3n) is 3.70. The molecular formula is C13H14N4O5. The molecule has 0 unspecified atom stereocenters. The molecule has 9 nitrogen and oxygen atoms in total. The number of non-ortho nitro benzene ring substituents is 1. The number of hydrogen-bond acceptors (Lipinski definition) is 5. The number of nitro benzene ring substituents is 1. The van der Waals surface area contributed by atoms with Crippen LogP contribution in [-0.4, -0.2) is 39.8 Å². The van der Waals surface area contributed by atoms with Crippen molar-refractivity contribution in [1.29, 1.82) is 0 Å². The van der Waals surface area contributed by atoms with Crippen LogP contribution in [0.25, 0.3) is 0 Å². The van der Waals surface area contributed by atoms with Crippen LogP contribution in [0, 0.1) is 20.2 Å². The summed E-state index contributed by atoms with van der Waals surface area (Å²) >= 11 is 0. The number of benzene rings is 1. The molecule has 116 valence electrons. The highest BCUT2D eigenvalue weighted by Gasteiger charge is 2.42. The van der Waals surface area contributed by atoms with Gasteiger partial charge in [0.05, 0.1) is 15.5 Å². The molecule has 0 saturated carbocycles. The molecule has 2 rings (SSSR count). The molecule has 0 radical (unpaired) electrons. The number of amides is 2. The lowest BCUT2D eigenvalue weighted by Gasteiger charge is -2.35. The first kappa shape index (κ1) is 15.4. The van der Waals surface area contributed by atoms with Crippen molar-refractivity contribution in [2.24, 2.45) is 0 Å². The van der Waals surface area contributed by atoms with Gasteiger partial charge in [-0.2, -0.15) is 0 Å². The van der Waals surface area contributed by atoms with Crippen molar-refractivity contribution in [2.45, 2.75) is 13.0 Å². The molecule has 1 aliphatic rings. The predicted octanol–water partition coefficient (Wildman–Crippen LogP) is 2.14. The third-order valence-corrected chi connectivity index (χ3v) is 3.70. The average Bonchev–Trinajstić information content (AvgIpc) is 2.48. The van der Waals surface area contributed by atoms with Crippen molar-refractivity contribution in [2.75, 3.05) is 14.1 Å². The Morgan fingerprint density at radius 3 is 2.32 bits per heavy atom. The molecule has 0 N–H and O–H groups in total. The van der Waals surface area contributed by atoms with Gasteiger partial charge in [0.15, 0.2) is 6.04 Å². The highest BCUT2D eigenvalue weighted by molar-refractivity contribution is 5.78. The second-order valence-electron chi connectivity index (χ2n) is 4.93. The van der Waals surface area contributed by atoms with E-state index in [1.165, 1.54) is 55.1 Å². The van der Waals surface area contributed by atoms with Crippen molar-refractivity contribution in [1.82, 2.24) is 9.80 Å². The molecular weight excluding hydrogens is 292 g/mol. The number of nitro groups is 2. The van der Waals surface area contributed by atoms with E-state index in [1.807, 2.05) is 0 Å². The van der Waals surface area contributed by atoms with E-state index in [-0.39, 0.29) is 17.1 Å². The lowest BCUT2D eigenvalue weighted by Crippen LogP contribution is -2.47. The zero-order chi connectivity index (χ0) is 16.6. The molecule has 1 aliphatic heterocycles. The molecule has 22 heavy (non-hydrogen) atoms. The topological polar surface area (TPSA) is 110 Å². The Balaban J connectivity index is 2.64. The Labute approximate surface area is 125 Å². The molecule has 0 bridgehead atoms. The highest BCUT2D eigenvalue weighted by atomic mass is 16.6. The monoisotopic (exact) mass is 306 g/mol. The van der Waals surface area contributed by atoms with E-state index in [2.05, 4.69) is 0 Å². The fourth-order valence-electron chi connectivity index (χ4n) is 2.47. The predicted molar refractivity (Wildman–Crippen MR) is 76.5 cm³/mol. The van der Waals surface area contributed by atoms with Crippen LogP contribution in [-0.2, 0) is 0 Å². The molecule has 0 aromatic heterocycles. The summed E-state index contributed by atoms with van der Waals surface area (Å²) in [6.07, 6.45) is 0. The van der Waals surface area contributed by atoms with Crippen molar-refractivity contribution >= 4 is 11.7 Å². The van der Waals surface area contributed by atoms with Crippen molar-refractivity contribution in [3.63, 3.8) is 0 Å². The normalized spacial score (nSPS) is 18.7. The first-order valence-electron chi connectivity index (χ1n) is 6.35. The first-order valence-corrected chi connectivity index (χ1v) is 6.35. The summed E-state index contributed by atoms with van der Waals surface area (Å²) in [5, 5.41) is 22.3. The summed E-state index contributed by atoms with van der Waals surface area (Å²) in [6.45, 7) is 1.48. The molecule has 1 atom stereocenters. The van der Waals surface area contributed by atoms with Gasteiger partial charge in [0.1, 0.15) is 0 Å². The second-order valence-corrected chi connectivity index (χ2v) is 4.93. The molecule has 1 aromatic rings. The Kier molecular flexibility index (Phi) is 3.81. The fraction of sp³-hybridized carbons (Fsp3) is 0.308. The van der Waals surface area contributed by atoms with Crippen LogP contribution in [0.4, 0.5) is 10.5 Å². The van der Waals surface area contributed by atoms with E-state index in [1.54, 1.807) is 0 Å². The fourth-order valence-corrected chi connectivity index (χ4v) is 2.47. The summed E-state index contributed by atoms with van der Waals surface area (Å²) in [5.74, 6) is 0. The molecule has 1 aromatic carbocycles. The minimum atomic E-state index is -0.974. The van der Waals surface area contributed by atoms with Gasteiger partial charge >= 0.3 is 6.03 Å². The molecule has 0 aliphatic carbocycles. The van der Waals surface area contributed by atoms with Crippen molar-refractivity contribution in [3.05, 3.63) is 61.5 Å². The molecule has 1 heterocycles. The number of hydrogen-bond donors (Lipinski definition) is 0. The van der Waals surface area contributed by atoms with E-state index in [0.29, 0.717) is 5.56 Å². The van der Waals surface area contributed by atoms with Crippen LogP contribution in [0.1, 0.15) is 18.5 Å². The Morgan fingerprint density at radius 1 is 1.14 bits per heavy atom. The third kappa shape index (κ3) is 2.36. The zero-order valence-corrected chi connectivity index (χ0v) is 12.2. The van der Waals surface area contributed by atoms with Crippen LogP contribution in [0.15, 0.2) is 35.7 Å². The average molecular weight is 306 g/mol. The van der Waals surface area contributed by atoms with E-state index in [9.17, 15) is 25.0 Å². The number of carbonyl (C=O) groups is 1. The number of urea groups is 1. The quantitative estimate of drug-likeness (QED) is 0.627. The van der Waals surface area contributed by atoms with Crippen LogP contribution >= 0.6 is 0 Å².